The molecule has 0 aliphatic rings. The number of benzene rings is 2. The average Bonchev–Trinajstić information content (AvgIpc) is 2.30. The Morgan fingerprint density at radius 2 is 1.75 bits per heavy atom. The summed E-state index contributed by atoms with van der Waals surface area (Å²) in [6.45, 7) is 0. The second-order valence-electron chi connectivity index (χ2n) is 3.95. The Labute approximate surface area is 125 Å². The highest BCUT2D eigenvalue weighted by atomic mass is 35.5. The Morgan fingerprint density at radius 1 is 1.05 bits per heavy atom. The zero-order valence-corrected chi connectivity index (χ0v) is 12.2. The molecular formula is C12H9Cl2FN2O2S. The summed E-state index contributed by atoms with van der Waals surface area (Å²) >= 11 is 11.5. The molecule has 4 nitrogen and oxygen atoms in total. The van der Waals surface area contributed by atoms with Gasteiger partial charge in [-0.05, 0) is 36.4 Å². The van der Waals surface area contributed by atoms with E-state index in [0.717, 1.165) is 12.1 Å². The first-order valence-electron chi connectivity index (χ1n) is 5.32. The number of sulfonamides is 1. The molecule has 2 aromatic rings. The molecule has 0 radical (unpaired) electrons. The minimum atomic E-state index is -3.90. The summed E-state index contributed by atoms with van der Waals surface area (Å²) in [5.41, 5.74) is 5.58. The second kappa shape index (κ2) is 5.47. The SMILES string of the molecule is Nc1cc(F)cc(NS(=O)(=O)c2ccc(Cl)c(Cl)c2)c1. The van der Waals surface area contributed by atoms with Gasteiger partial charge in [0.25, 0.3) is 10.0 Å². The lowest BCUT2D eigenvalue weighted by Gasteiger charge is -2.09. The molecule has 0 bridgehead atoms. The molecule has 0 unspecified atom stereocenters. The van der Waals surface area contributed by atoms with Crippen LogP contribution in [0.2, 0.25) is 10.0 Å². The summed E-state index contributed by atoms with van der Waals surface area (Å²) in [4.78, 5) is -0.0882. The van der Waals surface area contributed by atoms with Gasteiger partial charge < -0.3 is 5.73 Å². The van der Waals surface area contributed by atoms with E-state index in [2.05, 4.69) is 4.72 Å². The number of hydrogen-bond donors (Lipinski definition) is 2. The second-order valence-corrected chi connectivity index (χ2v) is 6.45. The molecule has 106 valence electrons. The van der Waals surface area contributed by atoms with Gasteiger partial charge in [0, 0.05) is 5.69 Å². The quantitative estimate of drug-likeness (QED) is 0.843. The minimum absolute atomic E-state index is 0.0218. The first-order valence-corrected chi connectivity index (χ1v) is 7.56. The van der Waals surface area contributed by atoms with Gasteiger partial charge >= 0.3 is 0 Å². The van der Waals surface area contributed by atoms with Gasteiger partial charge in [-0.1, -0.05) is 23.2 Å². The summed E-state index contributed by atoms with van der Waals surface area (Å²) in [5, 5.41) is 0.342. The van der Waals surface area contributed by atoms with Crippen LogP contribution in [0.3, 0.4) is 0 Å². The maximum atomic E-state index is 13.2. The van der Waals surface area contributed by atoms with Crippen molar-refractivity contribution in [1.29, 1.82) is 0 Å². The standard InChI is InChI=1S/C12H9Cl2FN2O2S/c13-11-2-1-10(6-12(11)14)20(18,19)17-9-4-7(15)3-8(16)5-9/h1-6,17H,16H2. The molecule has 0 fully saturated rings. The van der Waals surface area contributed by atoms with Gasteiger partial charge in [-0.25, -0.2) is 12.8 Å². The van der Waals surface area contributed by atoms with Crippen molar-refractivity contribution in [3.05, 3.63) is 52.3 Å². The third-order valence-electron chi connectivity index (χ3n) is 2.37. The number of rotatable bonds is 3. The van der Waals surface area contributed by atoms with Crippen molar-refractivity contribution in [2.24, 2.45) is 0 Å². The molecule has 0 aliphatic carbocycles. The first-order chi connectivity index (χ1) is 9.28. The van der Waals surface area contributed by atoms with Crippen LogP contribution in [-0.2, 0) is 10.0 Å². The van der Waals surface area contributed by atoms with Crippen LogP contribution in [0.15, 0.2) is 41.3 Å². The Morgan fingerprint density at radius 3 is 2.35 bits per heavy atom. The molecule has 0 aliphatic heterocycles. The normalized spacial score (nSPS) is 11.3. The zero-order chi connectivity index (χ0) is 14.9. The van der Waals surface area contributed by atoms with Gasteiger partial charge in [-0.2, -0.15) is 0 Å². The van der Waals surface area contributed by atoms with E-state index in [1.165, 1.54) is 24.3 Å². The molecule has 0 saturated heterocycles. The van der Waals surface area contributed by atoms with Crippen molar-refractivity contribution in [2.45, 2.75) is 4.90 Å². The van der Waals surface area contributed by atoms with E-state index in [0.29, 0.717) is 0 Å². The fourth-order valence-corrected chi connectivity index (χ4v) is 2.96. The van der Waals surface area contributed by atoms with Gasteiger partial charge in [0.15, 0.2) is 0 Å². The summed E-state index contributed by atoms with van der Waals surface area (Å²) in [5.74, 6) is -0.642. The van der Waals surface area contributed by atoms with Crippen molar-refractivity contribution in [2.75, 3.05) is 10.5 Å². The van der Waals surface area contributed by atoms with Crippen LogP contribution in [0.25, 0.3) is 0 Å². The van der Waals surface area contributed by atoms with E-state index in [4.69, 9.17) is 28.9 Å². The first kappa shape index (κ1) is 14.9. The summed E-state index contributed by atoms with van der Waals surface area (Å²) in [6.07, 6.45) is 0. The molecule has 20 heavy (non-hydrogen) atoms. The average molecular weight is 335 g/mol. The molecule has 3 N–H and O–H groups in total. The molecular weight excluding hydrogens is 326 g/mol. The fourth-order valence-electron chi connectivity index (χ4n) is 1.53. The molecule has 2 aromatic carbocycles. The van der Waals surface area contributed by atoms with Gasteiger partial charge in [0.2, 0.25) is 0 Å². The fraction of sp³-hybridized carbons (Fsp3) is 0. The maximum absolute atomic E-state index is 13.2. The number of halogens is 3. The van der Waals surface area contributed by atoms with Crippen LogP contribution >= 0.6 is 23.2 Å². The van der Waals surface area contributed by atoms with Crippen molar-refractivity contribution in [3.63, 3.8) is 0 Å². The highest BCUT2D eigenvalue weighted by Gasteiger charge is 2.16. The van der Waals surface area contributed by atoms with E-state index >= 15 is 0 Å². The van der Waals surface area contributed by atoms with Crippen LogP contribution in [0.4, 0.5) is 15.8 Å². The molecule has 0 amide bonds. The van der Waals surface area contributed by atoms with Crippen LogP contribution in [0.1, 0.15) is 0 Å². The van der Waals surface area contributed by atoms with Gasteiger partial charge in [-0.15, -0.1) is 0 Å². The highest BCUT2D eigenvalue weighted by molar-refractivity contribution is 7.92. The van der Waals surface area contributed by atoms with Crippen LogP contribution in [0.5, 0.6) is 0 Å². The predicted molar refractivity (Wildman–Crippen MR) is 78.1 cm³/mol. The lowest BCUT2D eigenvalue weighted by Crippen LogP contribution is -2.13. The van der Waals surface area contributed by atoms with Crippen molar-refractivity contribution in [3.8, 4) is 0 Å². The lowest BCUT2D eigenvalue weighted by molar-refractivity contribution is 0.601. The molecule has 0 heterocycles. The Kier molecular flexibility index (Phi) is 4.08. The van der Waals surface area contributed by atoms with Crippen LogP contribution in [0, 0.1) is 5.82 Å². The van der Waals surface area contributed by atoms with Gasteiger partial charge in [0.1, 0.15) is 5.82 Å². The molecule has 0 aromatic heterocycles. The van der Waals surface area contributed by atoms with Crippen molar-refractivity contribution < 1.29 is 12.8 Å². The van der Waals surface area contributed by atoms with E-state index in [9.17, 15) is 12.8 Å². The Balaban J connectivity index is 2.37. The summed E-state index contributed by atoms with van der Waals surface area (Å²) < 4.78 is 39.6. The van der Waals surface area contributed by atoms with E-state index in [-0.39, 0.29) is 26.3 Å². The van der Waals surface area contributed by atoms with Gasteiger partial charge in [-0.3, -0.25) is 4.72 Å². The number of nitrogens with one attached hydrogen (secondary N) is 1. The monoisotopic (exact) mass is 334 g/mol. The topological polar surface area (TPSA) is 72.2 Å². The third-order valence-corrected chi connectivity index (χ3v) is 4.49. The van der Waals surface area contributed by atoms with Crippen LogP contribution < -0.4 is 10.5 Å². The molecule has 0 atom stereocenters. The number of hydrogen-bond acceptors (Lipinski definition) is 3. The smallest absolute Gasteiger partial charge is 0.261 e. The third kappa shape index (κ3) is 3.33. The lowest BCUT2D eigenvalue weighted by atomic mass is 10.3. The Bertz CT molecular complexity index is 746. The summed E-state index contributed by atoms with van der Waals surface area (Å²) in [7, 11) is -3.90. The number of nitrogen functional groups attached to an aromatic ring is 1. The number of anilines is 2. The van der Waals surface area contributed by atoms with Crippen molar-refractivity contribution >= 4 is 44.6 Å². The largest absolute Gasteiger partial charge is 0.399 e. The molecule has 0 spiro atoms. The predicted octanol–water partition coefficient (Wildman–Crippen LogP) is 3.52. The van der Waals surface area contributed by atoms with E-state index in [1.807, 2.05) is 0 Å². The zero-order valence-electron chi connectivity index (χ0n) is 9.90. The van der Waals surface area contributed by atoms with E-state index < -0.39 is 15.8 Å². The molecule has 2 rings (SSSR count). The minimum Gasteiger partial charge on any atom is -0.399 e. The molecule has 8 heteroatoms. The van der Waals surface area contributed by atoms with Crippen molar-refractivity contribution in [1.82, 2.24) is 0 Å². The van der Waals surface area contributed by atoms with E-state index in [1.54, 1.807) is 0 Å². The number of nitrogens with two attached hydrogens (primary N) is 1. The summed E-state index contributed by atoms with van der Waals surface area (Å²) in [6, 6.07) is 7.26. The van der Waals surface area contributed by atoms with Crippen LogP contribution in [-0.4, -0.2) is 8.42 Å². The Hall–Kier alpha value is -1.50. The molecule has 0 saturated carbocycles. The van der Waals surface area contributed by atoms with Gasteiger partial charge in [0.05, 0.1) is 20.6 Å². The highest BCUT2D eigenvalue weighted by Crippen LogP contribution is 2.26. The maximum Gasteiger partial charge on any atom is 0.261 e.